The lowest BCUT2D eigenvalue weighted by Gasteiger charge is -2.15. The zero-order valence-electron chi connectivity index (χ0n) is 9.29. The van der Waals surface area contributed by atoms with Gasteiger partial charge in [-0.1, -0.05) is 0 Å². The molecule has 0 unspecified atom stereocenters. The molecule has 82 valence electrons. The van der Waals surface area contributed by atoms with Gasteiger partial charge < -0.3 is 14.2 Å². The number of hydrogen-bond acceptors (Lipinski definition) is 4. The van der Waals surface area contributed by atoms with Crippen molar-refractivity contribution in [1.82, 2.24) is 0 Å². The number of methoxy groups -OCH3 is 3. The molecule has 0 saturated heterocycles. The molecule has 0 aliphatic rings. The number of carbonyl (C=O) groups is 1. The summed E-state index contributed by atoms with van der Waals surface area (Å²) >= 11 is 0. The highest BCUT2D eigenvalue weighted by atomic mass is 16.5. The molecule has 0 aliphatic heterocycles. The summed E-state index contributed by atoms with van der Waals surface area (Å²) in [5, 5.41) is 0. The molecule has 15 heavy (non-hydrogen) atoms. The van der Waals surface area contributed by atoms with Crippen molar-refractivity contribution in [1.29, 1.82) is 0 Å². The Kier molecular flexibility index (Phi) is 3.55. The number of rotatable bonds is 4. The summed E-state index contributed by atoms with van der Waals surface area (Å²) in [5.41, 5.74) is 1.20. The molecular formula is C11H14O4. The lowest BCUT2D eigenvalue weighted by molar-refractivity contribution is 0.112. The topological polar surface area (TPSA) is 44.8 Å². The van der Waals surface area contributed by atoms with Gasteiger partial charge >= 0.3 is 0 Å². The Morgan fingerprint density at radius 2 is 1.67 bits per heavy atom. The van der Waals surface area contributed by atoms with Crippen LogP contribution in [-0.2, 0) is 0 Å². The minimum atomic E-state index is 0.452. The van der Waals surface area contributed by atoms with Crippen molar-refractivity contribution in [2.45, 2.75) is 6.92 Å². The summed E-state index contributed by atoms with van der Waals surface area (Å²) in [6.07, 6.45) is 0.730. The largest absolute Gasteiger partial charge is 0.496 e. The summed E-state index contributed by atoms with van der Waals surface area (Å²) in [7, 11) is 4.59. The third-order valence-corrected chi connectivity index (χ3v) is 2.21. The van der Waals surface area contributed by atoms with E-state index in [1.165, 1.54) is 14.2 Å². The molecule has 4 nitrogen and oxygen atoms in total. The zero-order valence-corrected chi connectivity index (χ0v) is 9.29. The van der Waals surface area contributed by atoms with Crippen LogP contribution in [-0.4, -0.2) is 27.6 Å². The van der Waals surface area contributed by atoms with E-state index >= 15 is 0 Å². The molecule has 0 saturated carbocycles. The molecule has 1 aromatic carbocycles. The first-order valence-corrected chi connectivity index (χ1v) is 4.44. The van der Waals surface area contributed by atoms with Crippen LogP contribution in [0.25, 0.3) is 0 Å². The Morgan fingerprint density at radius 1 is 1.07 bits per heavy atom. The highest BCUT2D eigenvalue weighted by Crippen LogP contribution is 2.38. The molecule has 1 aromatic rings. The second kappa shape index (κ2) is 4.68. The predicted octanol–water partition coefficient (Wildman–Crippen LogP) is 1.83. The smallest absolute Gasteiger partial charge is 0.167 e. The summed E-state index contributed by atoms with van der Waals surface area (Å²) in [6, 6.07) is 1.59. The van der Waals surface area contributed by atoms with Crippen LogP contribution >= 0.6 is 0 Å². The Balaban J connectivity index is 3.48. The van der Waals surface area contributed by atoms with Crippen molar-refractivity contribution in [2.75, 3.05) is 21.3 Å². The number of benzene rings is 1. The molecule has 1 rings (SSSR count). The van der Waals surface area contributed by atoms with Crippen LogP contribution in [0, 0.1) is 6.92 Å². The molecule has 0 radical (unpaired) electrons. The van der Waals surface area contributed by atoms with Crippen LogP contribution in [0.5, 0.6) is 17.2 Å². The summed E-state index contributed by atoms with van der Waals surface area (Å²) in [4.78, 5) is 10.8. The Morgan fingerprint density at radius 3 is 2.07 bits per heavy atom. The van der Waals surface area contributed by atoms with Gasteiger partial charge in [0.15, 0.2) is 17.8 Å². The predicted molar refractivity (Wildman–Crippen MR) is 56.2 cm³/mol. The van der Waals surface area contributed by atoms with E-state index in [2.05, 4.69) is 0 Å². The second-order valence-electron chi connectivity index (χ2n) is 2.98. The Labute approximate surface area is 88.8 Å². The quantitative estimate of drug-likeness (QED) is 0.711. The van der Waals surface area contributed by atoms with Gasteiger partial charge in [0.25, 0.3) is 0 Å². The molecule has 0 bridgehead atoms. The van der Waals surface area contributed by atoms with Gasteiger partial charge in [-0.3, -0.25) is 4.79 Å². The number of carbonyl (C=O) groups excluding carboxylic acids is 1. The Hall–Kier alpha value is -1.71. The van der Waals surface area contributed by atoms with E-state index in [0.717, 1.165) is 11.8 Å². The third kappa shape index (κ3) is 1.88. The van der Waals surface area contributed by atoms with Crippen LogP contribution < -0.4 is 14.2 Å². The van der Waals surface area contributed by atoms with Gasteiger partial charge in [-0.05, 0) is 13.0 Å². The molecule has 0 atom stereocenters. The van der Waals surface area contributed by atoms with E-state index in [1.807, 2.05) is 6.92 Å². The highest BCUT2D eigenvalue weighted by molar-refractivity contribution is 5.82. The van der Waals surface area contributed by atoms with E-state index in [0.29, 0.717) is 22.8 Å². The van der Waals surface area contributed by atoms with E-state index in [9.17, 15) is 4.79 Å². The number of aldehydes is 1. The standard InChI is InChI=1S/C11H14O4/c1-7-10(14-3)8(6-12)5-9(13-2)11(7)15-4/h5-6H,1-4H3. The zero-order chi connectivity index (χ0) is 11.4. The molecule has 0 amide bonds. The van der Waals surface area contributed by atoms with Gasteiger partial charge in [0.2, 0.25) is 0 Å². The average Bonchev–Trinajstić information content (AvgIpc) is 2.27. The maximum atomic E-state index is 10.8. The van der Waals surface area contributed by atoms with Crippen LogP contribution in [0.15, 0.2) is 6.07 Å². The summed E-state index contributed by atoms with van der Waals surface area (Å²) in [6.45, 7) is 1.81. The molecule has 0 heterocycles. The molecule has 0 fully saturated rings. The third-order valence-electron chi connectivity index (χ3n) is 2.21. The van der Waals surface area contributed by atoms with Crippen LogP contribution in [0.1, 0.15) is 15.9 Å². The van der Waals surface area contributed by atoms with Crippen molar-refractivity contribution in [3.05, 3.63) is 17.2 Å². The maximum Gasteiger partial charge on any atom is 0.167 e. The molecule has 4 heteroatoms. The van der Waals surface area contributed by atoms with Gasteiger partial charge in [0.1, 0.15) is 5.75 Å². The number of hydrogen-bond donors (Lipinski definition) is 0. The molecule has 0 N–H and O–H groups in total. The molecule has 0 spiro atoms. The summed E-state index contributed by atoms with van der Waals surface area (Å²) < 4.78 is 15.4. The normalized spacial score (nSPS) is 9.60. The van der Waals surface area contributed by atoms with Crippen molar-refractivity contribution >= 4 is 6.29 Å². The first kappa shape index (κ1) is 11.4. The minimum absolute atomic E-state index is 0.452. The second-order valence-corrected chi connectivity index (χ2v) is 2.98. The van der Waals surface area contributed by atoms with E-state index < -0.39 is 0 Å². The number of ether oxygens (including phenoxy) is 3. The van der Waals surface area contributed by atoms with Crippen molar-refractivity contribution in [3.63, 3.8) is 0 Å². The van der Waals surface area contributed by atoms with Gasteiger partial charge in [0, 0.05) is 5.56 Å². The maximum absolute atomic E-state index is 10.8. The van der Waals surface area contributed by atoms with E-state index in [1.54, 1.807) is 13.2 Å². The average molecular weight is 210 g/mol. The Bertz CT molecular complexity index is 371. The molecule has 0 aromatic heterocycles. The monoisotopic (exact) mass is 210 g/mol. The fourth-order valence-corrected chi connectivity index (χ4v) is 1.54. The van der Waals surface area contributed by atoms with Crippen molar-refractivity contribution < 1.29 is 19.0 Å². The van der Waals surface area contributed by atoms with E-state index in [-0.39, 0.29) is 0 Å². The van der Waals surface area contributed by atoms with E-state index in [4.69, 9.17) is 14.2 Å². The lowest BCUT2D eigenvalue weighted by Crippen LogP contribution is -2.00. The van der Waals surface area contributed by atoms with Crippen LogP contribution in [0.4, 0.5) is 0 Å². The van der Waals surface area contributed by atoms with Gasteiger partial charge in [-0.25, -0.2) is 0 Å². The highest BCUT2D eigenvalue weighted by Gasteiger charge is 2.16. The molecule has 0 aliphatic carbocycles. The first-order chi connectivity index (χ1) is 7.19. The fraction of sp³-hybridized carbons (Fsp3) is 0.364. The van der Waals surface area contributed by atoms with Crippen LogP contribution in [0.2, 0.25) is 0 Å². The van der Waals surface area contributed by atoms with Gasteiger partial charge in [-0.15, -0.1) is 0 Å². The lowest BCUT2D eigenvalue weighted by atomic mass is 10.1. The fourth-order valence-electron chi connectivity index (χ4n) is 1.54. The first-order valence-electron chi connectivity index (χ1n) is 4.44. The van der Waals surface area contributed by atoms with Crippen molar-refractivity contribution in [3.8, 4) is 17.2 Å². The SMILES string of the molecule is COc1cc(C=O)c(OC)c(C)c1OC. The minimum Gasteiger partial charge on any atom is -0.496 e. The summed E-state index contributed by atoms with van der Waals surface area (Å²) in [5.74, 6) is 1.63. The van der Waals surface area contributed by atoms with Crippen LogP contribution in [0.3, 0.4) is 0 Å². The van der Waals surface area contributed by atoms with Gasteiger partial charge in [0.05, 0.1) is 26.9 Å². The van der Waals surface area contributed by atoms with Gasteiger partial charge in [-0.2, -0.15) is 0 Å². The van der Waals surface area contributed by atoms with Crippen molar-refractivity contribution in [2.24, 2.45) is 0 Å². The molecular weight excluding hydrogens is 196 g/mol.